The number of anilines is 2. The first-order valence-electron chi connectivity index (χ1n) is 14.9. The molecule has 12 heteroatoms. The van der Waals surface area contributed by atoms with Gasteiger partial charge in [0.15, 0.2) is 0 Å². The van der Waals surface area contributed by atoms with Crippen molar-refractivity contribution in [3.05, 3.63) is 88.6 Å². The highest BCUT2D eigenvalue weighted by Crippen LogP contribution is 2.55. The highest BCUT2D eigenvalue weighted by atomic mass is 19.4. The molecule has 0 saturated heterocycles. The summed E-state index contributed by atoms with van der Waals surface area (Å²) in [5.74, 6) is -3.68. The summed E-state index contributed by atoms with van der Waals surface area (Å²) in [7, 11) is 0. The van der Waals surface area contributed by atoms with Crippen LogP contribution in [0.25, 0.3) is 0 Å². The number of hydrogen-bond acceptors (Lipinski definition) is 4. The summed E-state index contributed by atoms with van der Waals surface area (Å²) < 4.78 is 70.3. The average molecular weight is 629 g/mol. The Hall–Kier alpha value is -4.35. The zero-order valence-electron chi connectivity index (χ0n) is 25.0. The Bertz CT molecular complexity index is 1640. The van der Waals surface area contributed by atoms with E-state index < -0.39 is 65.9 Å². The number of amides is 3. The zero-order chi connectivity index (χ0) is 32.7. The number of benzene rings is 2. The number of halogens is 5. The predicted molar refractivity (Wildman–Crippen MR) is 157 cm³/mol. The number of aromatic nitrogens is 1. The minimum Gasteiger partial charge on any atom is -0.326 e. The number of pyridine rings is 1. The Morgan fingerprint density at radius 2 is 1.69 bits per heavy atom. The molecule has 1 aliphatic heterocycles. The SMILES string of the molecule is CC.C[C@H](c1cc(F)cc(F)c1)N(CC(=O)Nc1ccc2c(c1)CC1(C2)C(=O)Nc2ncccc21)C(=O)C1(C(F)(F)F)CCC1. The minimum atomic E-state index is -4.86. The summed E-state index contributed by atoms with van der Waals surface area (Å²) in [6.07, 6.45) is -3.16. The van der Waals surface area contributed by atoms with E-state index in [2.05, 4.69) is 15.6 Å². The molecule has 3 aromatic rings. The largest absolute Gasteiger partial charge is 0.403 e. The first-order valence-corrected chi connectivity index (χ1v) is 14.9. The lowest BCUT2D eigenvalue weighted by atomic mass is 9.67. The minimum absolute atomic E-state index is 0.0808. The fourth-order valence-electron chi connectivity index (χ4n) is 6.50. The average Bonchev–Trinajstić information content (AvgIpc) is 3.47. The normalized spacial score (nSPS) is 19.8. The van der Waals surface area contributed by atoms with Crippen molar-refractivity contribution in [3.8, 4) is 0 Å². The summed E-state index contributed by atoms with van der Waals surface area (Å²) >= 11 is 0. The van der Waals surface area contributed by atoms with Crippen molar-refractivity contribution >= 4 is 29.2 Å². The van der Waals surface area contributed by atoms with Crippen molar-refractivity contribution in [2.24, 2.45) is 5.41 Å². The van der Waals surface area contributed by atoms with Crippen LogP contribution in [0, 0.1) is 17.0 Å². The number of alkyl halides is 3. The van der Waals surface area contributed by atoms with E-state index in [1.54, 1.807) is 30.5 Å². The number of rotatable bonds is 6. The molecule has 2 N–H and O–H groups in total. The Balaban J connectivity index is 0.00000196. The van der Waals surface area contributed by atoms with Crippen molar-refractivity contribution in [3.63, 3.8) is 0 Å². The molecule has 7 nitrogen and oxygen atoms in total. The van der Waals surface area contributed by atoms with Crippen LogP contribution in [0.3, 0.4) is 0 Å². The molecule has 2 atom stereocenters. The lowest BCUT2D eigenvalue weighted by Crippen LogP contribution is -2.57. The molecule has 238 valence electrons. The maximum absolute atomic E-state index is 14.1. The van der Waals surface area contributed by atoms with Gasteiger partial charge in [-0.3, -0.25) is 14.4 Å². The molecule has 6 rings (SSSR count). The molecule has 1 fully saturated rings. The summed E-state index contributed by atoms with van der Waals surface area (Å²) in [5.41, 5.74) is -0.746. The molecule has 1 saturated carbocycles. The second-order valence-electron chi connectivity index (χ2n) is 11.6. The van der Waals surface area contributed by atoms with E-state index in [4.69, 9.17) is 0 Å². The first-order chi connectivity index (χ1) is 21.3. The van der Waals surface area contributed by atoms with Crippen LogP contribution in [-0.4, -0.2) is 40.3 Å². The van der Waals surface area contributed by atoms with E-state index in [1.165, 1.54) is 6.92 Å². The third-order valence-corrected chi connectivity index (χ3v) is 9.03. The smallest absolute Gasteiger partial charge is 0.326 e. The molecule has 3 aliphatic rings. The quantitative estimate of drug-likeness (QED) is 0.300. The maximum Gasteiger partial charge on any atom is 0.403 e. The monoisotopic (exact) mass is 628 g/mol. The van der Waals surface area contributed by atoms with Crippen molar-refractivity contribution in [1.82, 2.24) is 9.88 Å². The molecule has 1 spiro atoms. The van der Waals surface area contributed by atoms with Gasteiger partial charge in [-0.15, -0.1) is 0 Å². The van der Waals surface area contributed by atoms with Gasteiger partial charge in [0.1, 0.15) is 29.4 Å². The maximum atomic E-state index is 14.1. The Labute approximate surface area is 257 Å². The van der Waals surface area contributed by atoms with Gasteiger partial charge in [0.25, 0.3) is 0 Å². The summed E-state index contributed by atoms with van der Waals surface area (Å²) in [6.45, 7) is 4.55. The van der Waals surface area contributed by atoms with Crippen LogP contribution >= 0.6 is 0 Å². The fourth-order valence-corrected chi connectivity index (χ4v) is 6.50. The van der Waals surface area contributed by atoms with Crippen LogP contribution in [0.2, 0.25) is 0 Å². The van der Waals surface area contributed by atoms with Crippen LogP contribution < -0.4 is 10.6 Å². The van der Waals surface area contributed by atoms with Gasteiger partial charge in [-0.1, -0.05) is 32.4 Å². The van der Waals surface area contributed by atoms with Gasteiger partial charge in [-0.25, -0.2) is 13.8 Å². The molecule has 0 bridgehead atoms. The van der Waals surface area contributed by atoms with Crippen molar-refractivity contribution in [1.29, 1.82) is 0 Å². The predicted octanol–water partition coefficient (Wildman–Crippen LogP) is 6.64. The Morgan fingerprint density at radius 3 is 2.31 bits per heavy atom. The van der Waals surface area contributed by atoms with Crippen molar-refractivity contribution < 1.29 is 36.3 Å². The number of hydrogen-bond donors (Lipinski definition) is 2. The second-order valence-corrected chi connectivity index (χ2v) is 11.6. The third-order valence-electron chi connectivity index (χ3n) is 9.03. The van der Waals surface area contributed by atoms with E-state index in [0.29, 0.717) is 30.4 Å². The van der Waals surface area contributed by atoms with Gasteiger partial charge in [0.2, 0.25) is 17.7 Å². The van der Waals surface area contributed by atoms with Crippen LogP contribution in [0.4, 0.5) is 33.5 Å². The Kier molecular flexibility index (Phi) is 8.45. The van der Waals surface area contributed by atoms with Crippen molar-refractivity contribution in [2.45, 2.75) is 70.5 Å². The van der Waals surface area contributed by atoms with E-state index in [0.717, 1.165) is 33.7 Å². The molecule has 2 aromatic carbocycles. The number of carbonyl (C=O) groups is 3. The lowest BCUT2D eigenvalue weighted by Gasteiger charge is -2.45. The van der Waals surface area contributed by atoms with Gasteiger partial charge < -0.3 is 15.5 Å². The van der Waals surface area contributed by atoms with Gasteiger partial charge >= 0.3 is 6.18 Å². The zero-order valence-corrected chi connectivity index (χ0v) is 25.0. The summed E-state index contributed by atoms with van der Waals surface area (Å²) in [5, 5.41) is 5.47. The molecule has 2 heterocycles. The standard InChI is InChI=1S/C31H27F5N4O3.C2H6/c1-17(19-10-21(32)13-22(33)11-19)40(28(43)30(7-3-8-30)31(34,35)36)16-25(41)38-23-6-5-18-14-29(15-20(18)12-23)24-4-2-9-37-26(24)39-27(29)42;1-2/h2,4-6,9-13,17H,3,7-8,14-16H2,1H3,(H,38,41)(H,37,39,42);1-2H3/t17-,29?;/m1./s1. The molecule has 3 amide bonds. The number of nitrogens with zero attached hydrogens (tertiary/aromatic N) is 2. The highest BCUT2D eigenvalue weighted by Gasteiger charge is 2.64. The van der Waals surface area contributed by atoms with E-state index in [9.17, 15) is 36.3 Å². The number of carbonyl (C=O) groups excluding carboxylic acids is 3. The van der Waals surface area contributed by atoms with Crippen LogP contribution in [0.1, 0.15) is 68.3 Å². The summed E-state index contributed by atoms with van der Waals surface area (Å²) in [4.78, 5) is 44.7. The molecule has 45 heavy (non-hydrogen) atoms. The first kappa shape index (κ1) is 32.1. The number of fused-ring (bicyclic) bond motifs is 3. The topological polar surface area (TPSA) is 91.4 Å². The molecule has 0 radical (unpaired) electrons. The van der Waals surface area contributed by atoms with Gasteiger partial charge in [0, 0.05) is 23.5 Å². The number of nitrogens with one attached hydrogen (secondary N) is 2. The van der Waals surface area contributed by atoms with Gasteiger partial charge in [-0.2, -0.15) is 13.2 Å². The molecule has 1 aromatic heterocycles. The van der Waals surface area contributed by atoms with E-state index >= 15 is 0 Å². The van der Waals surface area contributed by atoms with E-state index in [-0.39, 0.29) is 17.9 Å². The fraction of sp³-hybridized carbons (Fsp3) is 0.394. The highest BCUT2D eigenvalue weighted by molar-refractivity contribution is 6.06. The third kappa shape index (κ3) is 5.55. The van der Waals surface area contributed by atoms with Crippen LogP contribution in [-0.2, 0) is 32.6 Å². The summed E-state index contributed by atoms with van der Waals surface area (Å²) in [6, 6.07) is 9.92. The van der Waals surface area contributed by atoms with Gasteiger partial charge in [-0.05, 0) is 79.6 Å². The molecular formula is C33H33F5N4O3. The second kappa shape index (κ2) is 11.9. The lowest BCUT2D eigenvalue weighted by molar-refractivity contribution is -0.249. The van der Waals surface area contributed by atoms with E-state index in [1.807, 2.05) is 19.9 Å². The molecule has 1 unspecified atom stereocenters. The molecule has 2 aliphatic carbocycles. The van der Waals surface area contributed by atoms with Gasteiger partial charge in [0.05, 0.1) is 11.5 Å². The Morgan fingerprint density at radius 1 is 1.02 bits per heavy atom. The molecular weight excluding hydrogens is 595 g/mol. The van der Waals surface area contributed by atoms with Crippen LogP contribution in [0.5, 0.6) is 0 Å². The van der Waals surface area contributed by atoms with Crippen molar-refractivity contribution in [2.75, 3.05) is 17.2 Å². The van der Waals surface area contributed by atoms with Crippen LogP contribution in [0.15, 0.2) is 54.7 Å².